The van der Waals surface area contributed by atoms with E-state index in [1.807, 2.05) is 18.2 Å². The van der Waals surface area contributed by atoms with Crippen molar-refractivity contribution < 1.29 is 18.7 Å². The van der Waals surface area contributed by atoms with Crippen molar-refractivity contribution in [3.63, 3.8) is 0 Å². The van der Waals surface area contributed by atoms with E-state index < -0.39 is 17.6 Å². The second-order valence-corrected chi connectivity index (χ2v) is 7.62. The molecule has 0 saturated carbocycles. The number of hydrogen-bond donors (Lipinski definition) is 1. The molecule has 0 bridgehead atoms. The molecule has 0 radical (unpaired) electrons. The Morgan fingerprint density at radius 2 is 1.69 bits per heavy atom. The van der Waals surface area contributed by atoms with E-state index in [1.54, 1.807) is 36.4 Å². The molecule has 0 atom stereocenters. The first kappa shape index (κ1) is 21.7. The number of halogens is 2. The minimum Gasteiger partial charge on any atom is -0.488 e. The van der Waals surface area contributed by atoms with Crippen molar-refractivity contribution in [2.75, 3.05) is 4.90 Å². The van der Waals surface area contributed by atoms with Crippen LogP contribution in [0, 0.1) is 5.82 Å². The number of benzene rings is 3. The van der Waals surface area contributed by atoms with E-state index in [2.05, 4.69) is 5.32 Å². The summed E-state index contributed by atoms with van der Waals surface area (Å²) in [7, 11) is 0. The fraction of sp³-hybridized carbons (Fsp3) is 0.0417. The van der Waals surface area contributed by atoms with Gasteiger partial charge < -0.3 is 4.74 Å². The molecule has 0 spiro atoms. The molecule has 4 rings (SSSR count). The number of carbonyl (C=O) groups is 2. The van der Waals surface area contributed by atoms with Gasteiger partial charge in [-0.2, -0.15) is 0 Å². The zero-order chi connectivity index (χ0) is 22.7. The maximum Gasteiger partial charge on any atom is 0.270 e. The summed E-state index contributed by atoms with van der Waals surface area (Å²) >= 11 is 11.3. The van der Waals surface area contributed by atoms with E-state index >= 15 is 0 Å². The van der Waals surface area contributed by atoms with Crippen LogP contribution in [0.2, 0.25) is 5.02 Å². The molecular weight excluding hydrogens is 451 g/mol. The number of carbonyl (C=O) groups excluding carboxylic acids is 2. The van der Waals surface area contributed by atoms with Crippen molar-refractivity contribution in [1.82, 2.24) is 5.32 Å². The fourth-order valence-electron chi connectivity index (χ4n) is 3.17. The number of para-hydroxylation sites is 2. The average Bonchev–Trinajstić information content (AvgIpc) is 2.78. The maximum absolute atomic E-state index is 14.3. The zero-order valence-corrected chi connectivity index (χ0v) is 18.1. The van der Waals surface area contributed by atoms with Crippen LogP contribution < -0.4 is 15.0 Å². The van der Waals surface area contributed by atoms with Crippen molar-refractivity contribution in [2.24, 2.45) is 0 Å². The van der Waals surface area contributed by atoms with Crippen molar-refractivity contribution in [1.29, 1.82) is 0 Å². The monoisotopic (exact) mass is 466 g/mol. The molecule has 0 aliphatic carbocycles. The second-order valence-electron chi connectivity index (χ2n) is 6.83. The van der Waals surface area contributed by atoms with Crippen molar-refractivity contribution in [3.8, 4) is 5.75 Å². The Bertz CT molecular complexity index is 1260. The third kappa shape index (κ3) is 4.39. The summed E-state index contributed by atoms with van der Waals surface area (Å²) < 4.78 is 20.2. The Kier molecular flexibility index (Phi) is 6.30. The van der Waals surface area contributed by atoms with E-state index in [0.29, 0.717) is 16.3 Å². The first-order valence-electron chi connectivity index (χ1n) is 9.57. The molecule has 3 aromatic carbocycles. The van der Waals surface area contributed by atoms with Crippen LogP contribution in [0.1, 0.15) is 11.1 Å². The largest absolute Gasteiger partial charge is 0.488 e. The van der Waals surface area contributed by atoms with E-state index in [1.165, 1.54) is 24.3 Å². The number of hydrogen-bond acceptors (Lipinski definition) is 4. The first-order chi connectivity index (χ1) is 15.5. The number of amides is 2. The van der Waals surface area contributed by atoms with Gasteiger partial charge in [0.1, 0.15) is 23.7 Å². The molecule has 0 unspecified atom stereocenters. The summed E-state index contributed by atoms with van der Waals surface area (Å²) in [5, 5.41) is 2.82. The standard InChI is InChI=1S/C24H16ClFN2O3S/c25-18-9-3-1-8-16(18)14-31-21-12-6-2-7-15(21)13-17-22(29)27-24(32)28(23(17)30)20-11-5-4-10-19(20)26/h1-13H,14H2,(H,27,29,32)/b17-13+. The Morgan fingerprint density at radius 1 is 1.00 bits per heavy atom. The highest BCUT2D eigenvalue weighted by molar-refractivity contribution is 7.80. The highest BCUT2D eigenvalue weighted by atomic mass is 35.5. The number of nitrogens with zero attached hydrogens (tertiary/aromatic N) is 1. The highest BCUT2D eigenvalue weighted by Gasteiger charge is 2.35. The molecule has 1 saturated heterocycles. The number of rotatable bonds is 5. The quantitative estimate of drug-likeness (QED) is 0.330. The smallest absolute Gasteiger partial charge is 0.270 e. The number of ether oxygens (including phenoxy) is 1. The van der Waals surface area contributed by atoms with Gasteiger partial charge in [-0.25, -0.2) is 9.29 Å². The van der Waals surface area contributed by atoms with Gasteiger partial charge in [-0.05, 0) is 42.6 Å². The Balaban J connectivity index is 1.66. The van der Waals surface area contributed by atoms with Crippen LogP contribution in [0.5, 0.6) is 5.75 Å². The van der Waals surface area contributed by atoms with Crippen LogP contribution in [0.3, 0.4) is 0 Å². The molecule has 1 heterocycles. The Morgan fingerprint density at radius 3 is 2.47 bits per heavy atom. The summed E-state index contributed by atoms with van der Waals surface area (Å²) in [5.41, 5.74) is 1.05. The van der Waals surface area contributed by atoms with Crippen molar-refractivity contribution in [3.05, 3.63) is 100 Å². The minimum atomic E-state index is -0.732. The summed E-state index contributed by atoms with van der Waals surface area (Å²) in [4.78, 5) is 26.6. The predicted molar refractivity (Wildman–Crippen MR) is 125 cm³/mol. The van der Waals surface area contributed by atoms with Crippen molar-refractivity contribution >= 4 is 52.5 Å². The van der Waals surface area contributed by atoms with E-state index in [0.717, 1.165) is 10.5 Å². The van der Waals surface area contributed by atoms with Gasteiger partial charge in [0, 0.05) is 16.1 Å². The topological polar surface area (TPSA) is 58.6 Å². The lowest BCUT2D eigenvalue weighted by atomic mass is 10.1. The molecule has 1 aliphatic heterocycles. The molecule has 5 nitrogen and oxygen atoms in total. The van der Waals surface area contributed by atoms with Gasteiger partial charge in [-0.1, -0.05) is 60.1 Å². The summed E-state index contributed by atoms with van der Waals surface area (Å²) in [6, 6.07) is 19.9. The molecular formula is C24H16ClFN2O3S. The summed E-state index contributed by atoms with van der Waals surface area (Å²) in [6.07, 6.45) is 1.40. The molecule has 3 aromatic rings. The summed E-state index contributed by atoms with van der Waals surface area (Å²) in [5.74, 6) is -1.59. The van der Waals surface area contributed by atoms with E-state index in [4.69, 9.17) is 28.6 Å². The highest BCUT2D eigenvalue weighted by Crippen LogP contribution is 2.28. The van der Waals surface area contributed by atoms with Gasteiger partial charge >= 0.3 is 0 Å². The van der Waals surface area contributed by atoms with Crippen LogP contribution in [0.15, 0.2) is 78.4 Å². The lowest BCUT2D eigenvalue weighted by Gasteiger charge is -2.29. The lowest BCUT2D eigenvalue weighted by molar-refractivity contribution is -0.122. The second kappa shape index (κ2) is 9.30. The van der Waals surface area contributed by atoms with Gasteiger partial charge in [-0.3, -0.25) is 14.9 Å². The molecule has 1 N–H and O–H groups in total. The third-order valence-corrected chi connectivity index (χ3v) is 5.41. The minimum absolute atomic E-state index is 0.0448. The molecule has 8 heteroatoms. The molecule has 160 valence electrons. The normalized spacial score (nSPS) is 15.1. The Labute approximate surface area is 194 Å². The Hall–Kier alpha value is -3.55. The third-order valence-electron chi connectivity index (χ3n) is 4.75. The first-order valence-corrected chi connectivity index (χ1v) is 10.4. The predicted octanol–water partition coefficient (Wildman–Crippen LogP) is 4.89. The molecule has 2 amide bonds. The zero-order valence-electron chi connectivity index (χ0n) is 16.5. The van der Waals surface area contributed by atoms with Crippen molar-refractivity contribution in [2.45, 2.75) is 6.61 Å². The number of anilines is 1. The maximum atomic E-state index is 14.3. The van der Waals surface area contributed by atoms with Gasteiger partial charge in [-0.15, -0.1) is 0 Å². The van der Waals surface area contributed by atoms with Crippen LogP contribution in [0.25, 0.3) is 6.08 Å². The molecule has 1 fully saturated rings. The lowest BCUT2D eigenvalue weighted by Crippen LogP contribution is -2.54. The molecule has 32 heavy (non-hydrogen) atoms. The van der Waals surface area contributed by atoms with Gasteiger partial charge in [0.2, 0.25) is 0 Å². The summed E-state index contributed by atoms with van der Waals surface area (Å²) in [6.45, 7) is 0.200. The number of thiocarbonyl (C=S) groups is 1. The SMILES string of the molecule is O=C1NC(=S)N(c2ccccc2F)C(=O)/C1=C/c1ccccc1OCc1ccccc1Cl. The van der Waals surface area contributed by atoms with Crippen LogP contribution in [0.4, 0.5) is 10.1 Å². The van der Waals surface area contributed by atoms with Gasteiger partial charge in [0.15, 0.2) is 5.11 Å². The van der Waals surface area contributed by atoms with E-state index in [9.17, 15) is 14.0 Å². The van der Waals surface area contributed by atoms with Gasteiger partial charge in [0.25, 0.3) is 11.8 Å². The molecule has 0 aromatic heterocycles. The van der Waals surface area contributed by atoms with Gasteiger partial charge in [0.05, 0.1) is 5.69 Å². The van der Waals surface area contributed by atoms with Crippen LogP contribution in [-0.2, 0) is 16.2 Å². The molecule has 1 aliphatic rings. The van der Waals surface area contributed by atoms with E-state index in [-0.39, 0.29) is 23.0 Å². The van der Waals surface area contributed by atoms with Crippen LogP contribution >= 0.6 is 23.8 Å². The van der Waals surface area contributed by atoms with Crippen LogP contribution in [-0.4, -0.2) is 16.9 Å². The number of nitrogens with one attached hydrogen (secondary N) is 1. The average molecular weight is 467 g/mol. The fourth-order valence-corrected chi connectivity index (χ4v) is 3.63.